The Kier molecular flexibility index (Phi) is 2.89. The van der Waals surface area contributed by atoms with Gasteiger partial charge in [0.1, 0.15) is 11.4 Å². The fourth-order valence-corrected chi connectivity index (χ4v) is 1.69. The molecule has 17 heavy (non-hydrogen) atoms. The van der Waals surface area contributed by atoms with Gasteiger partial charge in [-0.25, -0.2) is 4.68 Å². The first-order chi connectivity index (χ1) is 8.04. The zero-order valence-electron chi connectivity index (χ0n) is 9.24. The second kappa shape index (κ2) is 4.21. The van der Waals surface area contributed by atoms with Crippen molar-refractivity contribution >= 4 is 17.3 Å². The maximum Gasteiger partial charge on any atom is 0.278 e. The summed E-state index contributed by atoms with van der Waals surface area (Å²) in [5.41, 5.74) is -0.0268. The van der Waals surface area contributed by atoms with E-state index in [1.54, 1.807) is 7.05 Å². The lowest BCUT2D eigenvalue weighted by atomic mass is 10.4. The third-order valence-corrected chi connectivity index (χ3v) is 2.57. The molecule has 5 nitrogen and oxygen atoms in total. The van der Waals surface area contributed by atoms with E-state index in [0.717, 1.165) is 9.25 Å². The summed E-state index contributed by atoms with van der Waals surface area (Å²) in [6, 6.07) is 1.48. The van der Waals surface area contributed by atoms with Crippen LogP contribution in [0, 0.1) is 5.95 Å². The normalized spacial score (nSPS) is 10.6. The second-order valence-electron chi connectivity index (χ2n) is 3.44. The number of pyridine rings is 1. The topological polar surface area (TPSA) is 51.9 Å². The quantitative estimate of drug-likeness (QED) is 0.884. The molecule has 0 aromatic carbocycles. The van der Waals surface area contributed by atoms with Crippen LogP contribution in [-0.4, -0.2) is 21.4 Å². The van der Waals surface area contributed by atoms with E-state index in [-0.39, 0.29) is 11.2 Å². The lowest BCUT2D eigenvalue weighted by Gasteiger charge is -2.07. The molecule has 90 valence electrons. The van der Waals surface area contributed by atoms with Crippen LogP contribution in [0.4, 0.5) is 10.1 Å². The predicted octanol–water partition coefficient (Wildman–Crippen LogP) is 1.41. The van der Waals surface area contributed by atoms with Crippen molar-refractivity contribution in [3.63, 3.8) is 0 Å². The minimum Gasteiger partial charge on any atom is -0.384 e. The van der Waals surface area contributed by atoms with Gasteiger partial charge >= 0.3 is 0 Å². The Morgan fingerprint density at radius 2 is 2.24 bits per heavy atom. The Morgan fingerprint density at radius 1 is 1.53 bits per heavy atom. The monoisotopic (exact) mass is 256 g/mol. The molecule has 0 saturated heterocycles. The molecule has 0 fully saturated rings. The highest BCUT2D eigenvalue weighted by Gasteiger charge is 2.13. The molecule has 0 radical (unpaired) electrons. The smallest absolute Gasteiger partial charge is 0.278 e. The van der Waals surface area contributed by atoms with E-state index in [4.69, 9.17) is 11.6 Å². The zero-order chi connectivity index (χ0) is 12.6. The number of hydrogen-bond donors (Lipinski definition) is 1. The number of rotatable bonds is 2. The van der Waals surface area contributed by atoms with Crippen molar-refractivity contribution in [2.45, 2.75) is 0 Å². The van der Waals surface area contributed by atoms with Crippen LogP contribution < -0.4 is 10.9 Å². The van der Waals surface area contributed by atoms with E-state index in [2.05, 4.69) is 10.4 Å². The number of anilines is 1. The van der Waals surface area contributed by atoms with Crippen LogP contribution in [0.2, 0.25) is 5.02 Å². The summed E-state index contributed by atoms with van der Waals surface area (Å²) in [4.78, 5) is 12.0. The van der Waals surface area contributed by atoms with Crippen LogP contribution in [0.1, 0.15) is 0 Å². The molecule has 0 aliphatic rings. The molecule has 0 bridgehead atoms. The highest BCUT2D eigenvalue weighted by Crippen LogP contribution is 2.16. The highest BCUT2D eigenvalue weighted by atomic mass is 35.5. The Hall–Kier alpha value is -1.82. The van der Waals surface area contributed by atoms with Gasteiger partial charge < -0.3 is 5.32 Å². The SMILES string of the molecule is CNc1cc(Cl)cn(-c2cnn(C)c2F)c1=O. The van der Waals surface area contributed by atoms with Crippen molar-refractivity contribution in [2.75, 3.05) is 12.4 Å². The molecule has 0 amide bonds. The maximum atomic E-state index is 13.7. The fraction of sp³-hybridized carbons (Fsp3) is 0.200. The molecule has 0 aliphatic heterocycles. The number of halogens is 2. The number of nitrogens with one attached hydrogen (secondary N) is 1. The molecular formula is C10H10ClFN4O. The zero-order valence-corrected chi connectivity index (χ0v) is 9.99. The van der Waals surface area contributed by atoms with E-state index >= 15 is 0 Å². The average Bonchev–Trinajstić information content (AvgIpc) is 2.63. The van der Waals surface area contributed by atoms with Crippen LogP contribution in [0.25, 0.3) is 5.69 Å². The number of aryl methyl sites for hydroxylation is 1. The summed E-state index contributed by atoms with van der Waals surface area (Å²) in [5, 5.41) is 6.77. The van der Waals surface area contributed by atoms with Gasteiger partial charge in [-0.2, -0.15) is 9.49 Å². The molecule has 2 rings (SSSR count). The van der Waals surface area contributed by atoms with Gasteiger partial charge in [0.2, 0.25) is 5.95 Å². The summed E-state index contributed by atoms with van der Waals surface area (Å²) in [6.45, 7) is 0. The van der Waals surface area contributed by atoms with Gasteiger partial charge in [0, 0.05) is 20.3 Å². The molecule has 0 saturated carbocycles. The Morgan fingerprint density at radius 3 is 2.76 bits per heavy atom. The van der Waals surface area contributed by atoms with Crippen molar-refractivity contribution in [1.29, 1.82) is 0 Å². The van der Waals surface area contributed by atoms with Crippen molar-refractivity contribution < 1.29 is 4.39 Å². The van der Waals surface area contributed by atoms with Gasteiger partial charge in [-0.05, 0) is 6.07 Å². The molecule has 0 aliphatic carbocycles. The van der Waals surface area contributed by atoms with Crippen LogP contribution in [-0.2, 0) is 7.05 Å². The number of nitrogens with zero attached hydrogens (tertiary/aromatic N) is 3. The van der Waals surface area contributed by atoms with Crippen molar-refractivity contribution in [1.82, 2.24) is 14.3 Å². The van der Waals surface area contributed by atoms with Crippen LogP contribution in [0.15, 0.2) is 23.3 Å². The van der Waals surface area contributed by atoms with Crippen LogP contribution >= 0.6 is 11.6 Å². The largest absolute Gasteiger partial charge is 0.384 e. The maximum absolute atomic E-state index is 13.7. The Labute approximate surface area is 101 Å². The molecule has 2 aromatic heterocycles. The Bertz CT molecular complexity index is 619. The fourth-order valence-electron chi connectivity index (χ4n) is 1.48. The van der Waals surface area contributed by atoms with Crippen molar-refractivity contribution in [2.24, 2.45) is 7.05 Å². The van der Waals surface area contributed by atoms with E-state index in [0.29, 0.717) is 10.7 Å². The molecular weight excluding hydrogens is 247 g/mol. The lowest BCUT2D eigenvalue weighted by Crippen LogP contribution is -2.21. The molecule has 0 unspecified atom stereocenters. The van der Waals surface area contributed by atoms with Crippen LogP contribution in [0.5, 0.6) is 0 Å². The summed E-state index contributed by atoms with van der Waals surface area (Å²) in [6.07, 6.45) is 2.62. The third-order valence-electron chi connectivity index (χ3n) is 2.36. The summed E-state index contributed by atoms with van der Waals surface area (Å²) >= 11 is 5.86. The van der Waals surface area contributed by atoms with E-state index in [9.17, 15) is 9.18 Å². The predicted molar refractivity (Wildman–Crippen MR) is 63.3 cm³/mol. The number of hydrogen-bond acceptors (Lipinski definition) is 3. The van der Waals surface area contributed by atoms with Gasteiger partial charge in [-0.3, -0.25) is 9.36 Å². The molecule has 1 N–H and O–H groups in total. The second-order valence-corrected chi connectivity index (χ2v) is 3.88. The third kappa shape index (κ3) is 1.91. The summed E-state index contributed by atoms with van der Waals surface area (Å²) < 4.78 is 15.8. The summed E-state index contributed by atoms with van der Waals surface area (Å²) in [7, 11) is 3.05. The molecule has 2 heterocycles. The number of aromatic nitrogens is 3. The molecule has 0 atom stereocenters. The van der Waals surface area contributed by atoms with Crippen molar-refractivity contribution in [3.05, 3.63) is 39.8 Å². The molecule has 0 spiro atoms. The summed E-state index contributed by atoms with van der Waals surface area (Å²) in [5.74, 6) is -0.601. The molecule has 2 aromatic rings. The van der Waals surface area contributed by atoms with E-state index < -0.39 is 5.95 Å². The minimum atomic E-state index is -0.601. The van der Waals surface area contributed by atoms with Crippen molar-refractivity contribution in [3.8, 4) is 5.69 Å². The van der Waals surface area contributed by atoms with Gasteiger partial charge in [0.25, 0.3) is 5.56 Å². The first-order valence-electron chi connectivity index (χ1n) is 4.82. The lowest BCUT2D eigenvalue weighted by molar-refractivity contribution is 0.499. The highest BCUT2D eigenvalue weighted by molar-refractivity contribution is 6.30. The van der Waals surface area contributed by atoms with Gasteiger partial charge in [-0.15, -0.1) is 0 Å². The molecule has 7 heteroatoms. The first-order valence-corrected chi connectivity index (χ1v) is 5.20. The Balaban J connectivity index is 2.72. The van der Waals surface area contributed by atoms with Gasteiger partial charge in [0.15, 0.2) is 0 Å². The van der Waals surface area contributed by atoms with E-state index in [1.807, 2.05) is 0 Å². The standard InChI is InChI=1S/C10H10ClFN4O/c1-13-7-3-6(11)5-16(10(7)17)8-4-14-15(2)9(8)12/h3-5,13H,1-2H3. The first kappa shape index (κ1) is 11.7. The van der Waals surface area contributed by atoms with Gasteiger partial charge in [-0.1, -0.05) is 11.6 Å². The van der Waals surface area contributed by atoms with Gasteiger partial charge in [0.05, 0.1) is 11.2 Å². The van der Waals surface area contributed by atoms with E-state index in [1.165, 1.54) is 25.5 Å². The average molecular weight is 257 g/mol. The van der Waals surface area contributed by atoms with Crippen LogP contribution in [0.3, 0.4) is 0 Å². The minimum absolute atomic E-state index is 0.0662.